The molecule has 1 aliphatic carbocycles. The van der Waals surface area contributed by atoms with Crippen molar-refractivity contribution in [3.8, 4) is 16.2 Å². The van der Waals surface area contributed by atoms with E-state index in [1.165, 1.54) is 17.5 Å². The zero-order valence-electron chi connectivity index (χ0n) is 20.0. The van der Waals surface area contributed by atoms with Gasteiger partial charge in [0.25, 0.3) is 0 Å². The van der Waals surface area contributed by atoms with Gasteiger partial charge in [-0.2, -0.15) is 0 Å². The van der Waals surface area contributed by atoms with Crippen LogP contribution in [0.2, 0.25) is 0 Å². The summed E-state index contributed by atoms with van der Waals surface area (Å²) < 4.78 is 6.51. The van der Waals surface area contributed by atoms with E-state index in [-0.39, 0.29) is 24.0 Å². The second-order valence-corrected chi connectivity index (χ2v) is 10.8. The molecule has 1 aliphatic heterocycles. The molecule has 1 aromatic carbocycles. The van der Waals surface area contributed by atoms with Gasteiger partial charge >= 0.3 is 0 Å². The summed E-state index contributed by atoms with van der Waals surface area (Å²) >= 11 is 1.41. The SMILES string of the molecule is CN1CCCCC1C(=O)NCC1(COc2c(-c3cnc(CO)s3)ccc3ncc(N)nc23)CCC1. The standard InChI is InChI=1S/C25H32N6O3S/c1-31-10-3-2-5-18(31)24(33)29-14-25(8-4-9-25)15-34-23-16(19-11-28-21(13-32)35-19)6-7-17-22(23)30-20(26)12-27-17/h6-7,11-12,18,32H,2-5,8-10,13-15H2,1H3,(H2,26,30)(H,29,33). The molecule has 1 saturated heterocycles. The Morgan fingerprint density at radius 3 is 2.86 bits per heavy atom. The van der Waals surface area contributed by atoms with Crippen LogP contribution in [0.4, 0.5) is 5.82 Å². The molecule has 1 saturated carbocycles. The highest BCUT2D eigenvalue weighted by atomic mass is 32.1. The number of nitrogens with two attached hydrogens (primary N) is 1. The number of anilines is 1. The van der Waals surface area contributed by atoms with Gasteiger partial charge in [0.1, 0.15) is 16.3 Å². The molecule has 5 rings (SSSR count). The summed E-state index contributed by atoms with van der Waals surface area (Å²) in [7, 11) is 2.03. The number of aliphatic hydroxyl groups excluding tert-OH is 1. The van der Waals surface area contributed by atoms with E-state index in [4.69, 9.17) is 10.5 Å². The van der Waals surface area contributed by atoms with Gasteiger partial charge in [0.2, 0.25) is 5.91 Å². The zero-order valence-corrected chi connectivity index (χ0v) is 20.8. The molecule has 10 heteroatoms. The van der Waals surface area contributed by atoms with Gasteiger partial charge < -0.3 is 20.9 Å². The van der Waals surface area contributed by atoms with Crippen LogP contribution in [-0.4, -0.2) is 63.7 Å². The molecule has 1 unspecified atom stereocenters. The predicted octanol–water partition coefficient (Wildman–Crippen LogP) is 2.98. The van der Waals surface area contributed by atoms with Crippen molar-refractivity contribution < 1.29 is 14.6 Å². The van der Waals surface area contributed by atoms with Gasteiger partial charge in [0, 0.05) is 23.7 Å². The summed E-state index contributed by atoms with van der Waals surface area (Å²) in [5.74, 6) is 1.05. The average molecular weight is 497 g/mol. The minimum absolute atomic E-state index is 0.0447. The minimum atomic E-state index is -0.111. The Morgan fingerprint density at radius 1 is 1.29 bits per heavy atom. The van der Waals surface area contributed by atoms with Gasteiger partial charge in [-0.3, -0.25) is 14.7 Å². The van der Waals surface area contributed by atoms with E-state index in [0.717, 1.165) is 55.5 Å². The van der Waals surface area contributed by atoms with Gasteiger partial charge in [0.15, 0.2) is 5.75 Å². The lowest BCUT2D eigenvalue weighted by Gasteiger charge is -2.42. The third-order valence-corrected chi connectivity index (χ3v) is 8.30. The quantitative estimate of drug-likeness (QED) is 0.434. The molecule has 9 nitrogen and oxygen atoms in total. The first-order valence-electron chi connectivity index (χ1n) is 12.2. The van der Waals surface area contributed by atoms with E-state index >= 15 is 0 Å². The fourth-order valence-electron chi connectivity index (χ4n) is 4.99. The summed E-state index contributed by atoms with van der Waals surface area (Å²) in [6, 6.07) is 3.80. The van der Waals surface area contributed by atoms with Crippen molar-refractivity contribution in [2.45, 2.75) is 51.2 Å². The number of rotatable bonds is 8. The molecule has 186 valence electrons. The minimum Gasteiger partial charge on any atom is -0.490 e. The van der Waals surface area contributed by atoms with Crippen LogP contribution in [0.25, 0.3) is 21.5 Å². The van der Waals surface area contributed by atoms with Gasteiger partial charge in [-0.15, -0.1) is 11.3 Å². The van der Waals surface area contributed by atoms with E-state index in [1.807, 2.05) is 19.2 Å². The van der Waals surface area contributed by atoms with Crippen LogP contribution in [0.5, 0.6) is 5.75 Å². The number of piperidine rings is 1. The number of aliphatic hydroxyl groups is 1. The van der Waals surface area contributed by atoms with Crippen molar-refractivity contribution in [3.05, 3.63) is 29.5 Å². The number of fused-ring (bicyclic) bond motifs is 1. The summed E-state index contributed by atoms with van der Waals surface area (Å²) in [5.41, 5.74) is 8.00. The number of nitrogens with zero attached hydrogens (tertiary/aromatic N) is 4. The summed E-state index contributed by atoms with van der Waals surface area (Å²) in [4.78, 5) is 29.2. The number of carbonyl (C=O) groups is 1. The molecular weight excluding hydrogens is 464 g/mol. The lowest BCUT2D eigenvalue weighted by atomic mass is 9.69. The number of carbonyl (C=O) groups excluding carboxylic acids is 1. The molecule has 1 atom stereocenters. The van der Waals surface area contributed by atoms with Crippen LogP contribution >= 0.6 is 11.3 Å². The van der Waals surface area contributed by atoms with Crippen LogP contribution < -0.4 is 15.8 Å². The fraction of sp³-hybridized carbons (Fsp3) is 0.520. The number of nitrogen functional groups attached to an aromatic ring is 1. The molecule has 2 aromatic heterocycles. The Balaban J connectivity index is 1.37. The maximum Gasteiger partial charge on any atom is 0.237 e. The van der Waals surface area contributed by atoms with Crippen molar-refractivity contribution in [1.82, 2.24) is 25.2 Å². The topological polar surface area (TPSA) is 126 Å². The fourth-order valence-corrected chi connectivity index (χ4v) is 5.79. The van der Waals surface area contributed by atoms with Crippen molar-refractivity contribution >= 4 is 34.1 Å². The van der Waals surface area contributed by atoms with Crippen LogP contribution in [0, 0.1) is 5.41 Å². The Bertz CT molecular complexity index is 1210. The van der Waals surface area contributed by atoms with Gasteiger partial charge in [-0.05, 0) is 51.4 Å². The monoisotopic (exact) mass is 496 g/mol. The van der Waals surface area contributed by atoms with E-state index in [2.05, 4.69) is 25.2 Å². The van der Waals surface area contributed by atoms with Crippen molar-refractivity contribution in [3.63, 3.8) is 0 Å². The zero-order chi connectivity index (χ0) is 24.4. The normalized spacial score (nSPS) is 19.9. The third-order valence-electron chi connectivity index (χ3n) is 7.29. The molecule has 35 heavy (non-hydrogen) atoms. The smallest absolute Gasteiger partial charge is 0.237 e. The molecule has 0 bridgehead atoms. The molecular formula is C25H32N6O3S. The summed E-state index contributed by atoms with van der Waals surface area (Å²) in [5, 5.41) is 13.3. The molecule has 3 aromatic rings. The number of likely N-dealkylation sites (N-methyl/N-ethyl adjacent to an activating group) is 1. The van der Waals surface area contributed by atoms with Crippen LogP contribution in [0.3, 0.4) is 0 Å². The molecule has 4 N–H and O–H groups in total. The van der Waals surface area contributed by atoms with E-state index in [9.17, 15) is 9.90 Å². The molecule has 2 aliphatic rings. The Hall–Kier alpha value is -2.82. The number of hydrogen-bond donors (Lipinski definition) is 3. The number of ether oxygens (including phenoxy) is 1. The number of hydrogen-bond acceptors (Lipinski definition) is 9. The number of aromatic nitrogens is 3. The number of amides is 1. The second kappa shape index (κ2) is 10.0. The predicted molar refractivity (Wildman–Crippen MR) is 136 cm³/mol. The lowest BCUT2D eigenvalue weighted by Crippen LogP contribution is -2.52. The molecule has 0 radical (unpaired) electrons. The highest BCUT2D eigenvalue weighted by Gasteiger charge is 2.39. The molecule has 3 heterocycles. The Labute approximate surface area is 208 Å². The van der Waals surface area contributed by atoms with Crippen molar-refractivity contribution in [2.75, 3.05) is 32.5 Å². The Kier molecular flexibility index (Phi) is 6.86. The molecule has 0 spiro atoms. The summed E-state index contributed by atoms with van der Waals surface area (Å²) in [6.07, 6.45) is 9.55. The van der Waals surface area contributed by atoms with Crippen LogP contribution in [-0.2, 0) is 11.4 Å². The highest BCUT2D eigenvalue weighted by Crippen LogP contribution is 2.43. The number of likely N-dealkylation sites (tertiary alicyclic amines) is 1. The first-order valence-corrected chi connectivity index (χ1v) is 13.0. The van der Waals surface area contributed by atoms with Crippen LogP contribution in [0.1, 0.15) is 43.5 Å². The van der Waals surface area contributed by atoms with E-state index in [0.29, 0.717) is 40.8 Å². The summed E-state index contributed by atoms with van der Waals surface area (Å²) in [6.45, 7) is 1.91. The van der Waals surface area contributed by atoms with E-state index < -0.39 is 0 Å². The van der Waals surface area contributed by atoms with Gasteiger partial charge in [-0.1, -0.05) is 12.8 Å². The first kappa shape index (κ1) is 23.9. The highest BCUT2D eigenvalue weighted by molar-refractivity contribution is 7.15. The van der Waals surface area contributed by atoms with Crippen molar-refractivity contribution in [2.24, 2.45) is 5.41 Å². The average Bonchev–Trinajstić information content (AvgIpc) is 3.32. The second-order valence-electron chi connectivity index (χ2n) is 9.73. The lowest BCUT2D eigenvalue weighted by molar-refractivity contribution is -0.128. The maximum atomic E-state index is 12.9. The third kappa shape index (κ3) is 4.96. The van der Waals surface area contributed by atoms with E-state index in [1.54, 1.807) is 6.20 Å². The van der Waals surface area contributed by atoms with Gasteiger partial charge in [0.05, 0.1) is 35.8 Å². The van der Waals surface area contributed by atoms with Gasteiger partial charge in [-0.25, -0.2) is 9.97 Å². The maximum absolute atomic E-state index is 12.9. The van der Waals surface area contributed by atoms with Crippen molar-refractivity contribution in [1.29, 1.82) is 0 Å². The molecule has 1 amide bonds. The largest absolute Gasteiger partial charge is 0.490 e. The Morgan fingerprint density at radius 2 is 2.14 bits per heavy atom. The van der Waals surface area contributed by atoms with Crippen LogP contribution in [0.15, 0.2) is 24.5 Å². The number of benzene rings is 1. The number of thiazole rings is 1. The molecule has 2 fully saturated rings. The number of nitrogens with one attached hydrogen (secondary N) is 1. The first-order chi connectivity index (χ1) is 17.0.